The second-order valence-electron chi connectivity index (χ2n) is 7.16. The molecule has 0 atom stereocenters. The van der Waals surface area contributed by atoms with Crippen molar-refractivity contribution >= 4 is 38.8 Å². The maximum Gasteiger partial charge on any atom is 0.266 e. The fourth-order valence-electron chi connectivity index (χ4n) is 3.34. The van der Waals surface area contributed by atoms with Gasteiger partial charge in [0, 0.05) is 16.0 Å². The van der Waals surface area contributed by atoms with Gasteiger partial charge in [-0.3, -0.25) is 9.59 Å². The van der Waals surface area contributed by atoms with E-state index in [1.807, 2.05) is 12.1 Å². The predicted molar refractivity (Wildman–Crippen MR) is 120 cm³/mol. The number of rotatable bonds is 5. The van der Waals surface area contributed by atoms with Crippen LogP contribution in [0.25, 0.3) is 10.1 Å². The molecule has 29 heavy (non-hydrogen) atoms. The zero-order valence-electron chi connectivity index (χ0n) is 16.4. The number of hydrogen-bond donors (Lipinski definition) is 1. The third kappa shape index (κ3) is 4.13. The van der Waals surface area contributed by atoms with E-state index >= 15 is 0 Å². The number of amides is 1. The van der Waals surface area contributed by atoms with Gasteiger partial charge >= 0.3 is 0 Å². The largest absolute Gasteiger partial charge is 0.321 e. The average Bonchev–Trinajstić information content (AvgIpc) is 3.09. The Labute approximate surface area is 174 Å². The van der Waals surface area contributed by atoms with Gasteiger partial charge in [-0.2, -0.15) is 0 Å². The number of carbonyl (C=O) groups excluding carboxylic acids is 2. The minimum Gasteiger partial charge on any atom is -0.321 e. The number of ketones is 1. The maximum atomic E-state index is 13.1. The van der Waals surface area contributed by atoms with Crippen LogP contribution < -0.4 is 5.32 Å². The SMILES string of the molecule is CC(=O)c1ccc(NC(=O)c2sc3ccccc3c2Cc2ccc(C)cc2)cc1. The predicted octanol–water partition coefficient (Wildman–Crippen LogP) is 6.26. The Morgan fingerprint density at radius 3 is 2.28 bits per heavy atom. The highest BCUT2D eigenvalue weighted by Crippen LogP contribution is 2.33. The van der Waals surface area contributed by atoms with Gasteiger partial charge in [0.2, 0.25) is 0 Å². The van der Waals surface area contributed by atoms with E-state index in [1.165, 1.54) is 29.4 Å². The fraction of sp³-hybridized carbons (Fsp3) is 0.120. The fourth-order valence-corrected chi connectivity index (χ4v) is 4.46. The van der Waals surface area contributed by atoms with Crippen LogP contribution in [0.2, 0.25) is 0 Å². The van der Waals surface area contributed by atoms with E-state index in [-0.39, 0.29) is 11.7 Å². The standard InChI is InChI=1S/C25H21NO2S/c1-16-7-9-18(10-8-16)15-22-21-5-3-4-6-23(21)29-24(22)25(28)26-20-13-11-19(12-14-20)17(2)27/h3-14H,15H2,1-2H3,(H,26,28). The molecular weight excluding hydrogens is 378 g/mol. The van der Waals surface area contributed by atoms with Crippen LogP contribution in [-0.4, -0.2) is 11.7 Å². The molecule has 3 nitrogen and oxygen atoms in total. The molecule has 4 rings (SSSR count). The molecule has 4 aromatic rings. The van der Waals surface area contributed by atoms with Gasteiger partial charge in [0.1, 0.15) is 0 Å². The van der Waals surface area contributed by atoms with Crippen LogP contribution in [0.4, 0.5) is 5.69 Å². The Morgan fingerprint density at radius 2 is 1.59 bits per heavy atom. The molecule has 1 N–H and O–H groups in total. The molecule has 0 aliphatic carbocycles. The summed E-state index contributed by atoms with van der Waals surface area (Å²) in [5.41, 5.74) is 4.76. The Hall–Kier alpha value is -3.24. The van der Waals surface area contributed by atoms with Crippen LogP contribution in [-0.2, 0) is 6.42 Å². The Morgan fingerprint density at radius 1 is 0.897 bits per heavy atom. The van der Waals surface area contributed by atoms with Gasteiger partial charge in [-0.05, 0) is 67.1 Å². The van der Waals surface area contributed by atoms with E-state index in [1.54, 1.807) is 24.3 Å². The van der Waals surface area contributed by atoms with Gasteiger partial charge in [0.05, 0.1) is 4.88 Å². The molecule has 0 spiro atoms. The normalized spacial score (nSPS) is 10.8. The highest BCUT2D eigenvalue weighted by Gasteiger charge is 2.19. The van der Waals surface area contributed by atoms with E-state index in [0.29, 0.717) is 17.7 Å². The highest BCUT2D eigenvalue weighted by atomic mass is 32.1. The van der Waals surface area contributed by atoms with Crippen LogP contribution >= 0.6 is 11.3 Å². The van der Waals surface area contributed by atoms with Crippen molar-refractivity contribution in [2.45, 2.75) is 20.3 Å². The van der Waals surface area contributed by atoms with Crippen molar-refractivity contribution in [2.75, 3.05) is 5.32 Å². The molecule has 4 heteroatoms. The number of carbonyl (C=O) groups is 2. The lowest BCUT2D eigenvalue weighted by atomic mass is 10.0. The number of aryl methyl sites for hydroxylation is 1. The van der Waals surface area contributed by atoms with Gasteiger partial charge in [-0.1, -0.05) is 48.0 Å². The number of Topliss-reactive ketones (excluding diaryl/α,β-unsaturated/α-hetero) is 1. The molecule has 0 radical (unpaired) electrons. The summed E-state index contributed by atoms with van der Waals surface area (Å²) in [7, 11) is 0. The summed E-state index contributed by atoms with van der Waals surface area (Å²) in [5, 5.41) is 4.10. The molecule has 0 saturated heterocycles. The van der Waals surface area contributed by atoms with Gasteiger partial charge in [-0.25, -0.2) is 0 Å². The first kappa shape index (κ1) is 19.1. The van der Waals surface area contributed by atoms with E-state index in [0.717, 1.165) is 20.5 Å². The first-order valence-electron chi connectivity index (χ1n) is 9.49. The number of fused-ring (bicyclic) bond motifs is 1. The van der Waals surface area contributed by atoms with Crippen LogP contribution in [0, 0.1) is 6.92 Å². The summed E-state index contributed by atoms with van der Waals surface area (Å²) in [5.74, 6) is -0.114. The van der Waals surface area contributed by atoms with Gasteiger partial charge in [0.15, 0.2) is 5.78 Å². The Kier molecular flexibility index (Phi) is 5.28. The molecule has 0 saturated carbocycles. The molecule has 0 aliphatic heterocycles. The van der Waals surface area contributed by atoms with E-state index in [2.05, 4.69) is 48.6 Å². The summed E-state index contributed by atoms with van der Waals surface area (Å²) in [6, 6.07) is 23.6. The van der Waals surface area contributed by atoms with Crippen molar-refractivity contribution in [1.29, 1.82) is 0 Å². The Balaban J connectivity index is 1.67. The summed E-state index contributed by atoms with van der Waals surface area (Å²) in [6.45, 7) is 3.60. The molecule has 1 heterocycles. The number of anilines is 1. The zero-order valence-corrected chi connectivity index (χ0v) is 17.2. The minimum absolute atomic E-state index is 0.00719. The number of nitrogens with one attached hydrogen (secondary N) is 1. The molecule has 144 valence electrons. The van der Waals surface area contributed by atoms with Crippen molar-refractivity contribution in [3.63, 3.8) is 0 Å². The first-order valence-corrected chi connectivity index (χ1v) is 10.3. The van der Waals surface area contributed by atoms with Crippen LogP contribution in [0.5, 0.6) is 0 Å². The molecule has 3 aromatic carbocycles. The van der Waals surface area contributed by atoms with Crippen molar-refractivity contribution < 1.29 is 9.59 Å². The zero-order chi connectivity index (χ0) is 20.4. The monoisotopic (exact) mass is 399 g/mol. The lowest BCUT2D eigenvalue weighted by Crippen LogP contribution is -2.12. The van der Waals surface area contributed by atoms with Gasteiger partial charge in [0.25, 0.3) is 5.91 Å². The summed E-state index contributed by atoms with van der Waals surface area (Å²) >= 11 is 1.52. The van der Waals surface area contributed by atoms with Gasteiger partial charge in [-0.15, -0.1) is 11.3 Å². The molecule has 0 bridgehead atoms. The van der Waals surface area contributed by atoms with Gasteiger partial charge < -0.3 is 5.32 Å². The summed E-state index contributed by atoms with van der Waals surface area (Å²) in [4.78, 5) is 25.3. The molecule has 1 aromatic heterocycles. The van der Waals surface area contributed by atoms with Crippen molar-refractivity contribution in [3.8, 4) is 0 Å². The second kappa shape index (κ2) is 8.02. The molecular formula is C25H21NO2S. The number of benzene rings is 3. The highest BCUT2D eigenvalue weighted by molar-refractivity contribution is 7.21. The Bertz CT molecular complexity index is 1190. The summed E-state index contributed by atoms with van der Waals surface area (Å²) in [6.07, 6.45) is 0.705. The summed E-state index contributed by atoms with van der Waals surface area (Å²) < 4.78 is 1.10. The number of hydrogen-bond acceptors (Lipinski definition) is 3. The van der Waals surface area contributed by atoms with E-state index in [4.69, 9.17) is 0 Å². The maximum absolute atomic E-state index is 13.1. The topological polar surface area (TPSA) is 46.2 Å². The third-order valence-corrected chi connectivity index (χ3v) is 6.17. The van der Waals surface area contributed by atoms with E-state index in [9.17, 15) is 9.59 Å². The smallest absolute Gasteiger partial charge is 0.266 e. The lowest BCUT2D eigenvalue weighted by Gasteiger charge is -2.08. The van der Waals surface area contributed by atoms with Crippen molar-refractivity contribution in [3.05, 3.63) is 99.9 Å². The molecule has 0 fully saturated rings. The molecule has 0 unspecified atom stereocenters. The van der Waals surface area contributed by atoms with Crippen LogP contribution in [0.15, 0.2) is 72.8 Å². The first-order chi connectivity index (χ1) is 14.0. The molecule has 1 amide bonds. The van der Waals surface area contributed by atoms with Crippen LogP contribution in [0.3, 0.4) is 0 Å². The number of thiophene rings is 1. The van der Waals surface area contributed by atoms with Crippen LogP contribution in [0.1, 0.15) is 43.6 Å². The third-order valence-electron chi connectivity index (χ3n) is 4.96. The second-order valence-corrected chi connectivity index (χ2v) is 8.21. The van der Waals surface area contributed by atoms with Crippen molar-refractivity contribution in [2.24, 2.45) is 0 Å². The van der Waals surface area contributed by atoms with Crippen molar-refractivity contribution in [1.82, 2.24) is 0 Å². The average molecular weight is 400 g/mol. The molecule has 0 aliphatic rings. The van der Waals surface area contributed by atoms with E-state index < -0.39 is 0 Å². The quantitative estimate of drug-likeness (QED) is 0.403. The minimum atomic E-state index is -0.121. The lowest BCUT2D eigenvalue weighted by molar-refractivity contribution is 0.101.